The molecule has 0 unspecified atom stereocenters. The molecular formula is C18H16N4O4S. The van der Waals surface area contributed by atoms with E-state index in [2.05, 4.69) is 20.5 Å². The molecule has 9 heteroatoms. The van der Waals surface area contributed by atoms with Crippen molar-refractivity contribution in [1.29, 1.82) is 0 Å². The van der Waals surface area contributed by atoms with Gasteiger partial charge in [-0.25, -0.2) is 4.79 Å². The molecule has 0 atom stereocenters. The highest BCUT2D eigenvalue weighted by molar-refractivity contribution is 7.99. The molecule has 8 nitrogen and oxygen atoms in total. The SMILES string of the molecule is CCOC(=O)c1ccc(NC(=O)CSc2nnc(-c3cccnc3)o2)cc1. The molecule has 0 aliphatic carbocycles. The molecule has 0 saturated carbocycles. The molecule has 138 valence electrons. The summed E-state index contributed by atoms with van der Waals surface area (Å²) >= 11 is 1.13. The van der Waals surface area contributed by atoms with Crippen LogP contribution < -0.4 is 5.32 Å². The smallest absolute Gasteiger partial charge is 0.338 e. The molecule has 3 aromatic rings. The fraction of sp³-hybridized carbons (Fsp3) is 0.167. The number of esters is 1. The number of aromatic nitrogens is 3. The second kappa shape index (κ2) is 8.95. The third-order valence-electron chi connectivity index (χ3n) is 3.32. The molecule has 1 N–H and O–H groups in total. The zero-order valence-corrected chi connectivity index (χ0v) is 15.2. The van der Waals surface area contributed by atoms with Crippen molar-refractivity contribution in [3.8, 4) is 11.5 Å². The van der Waals surface area contributed by atoms with E-state index in [1.165, 1.54) is 0 Å². The van der Waals surface area contributed by atoms with E-state index in [9.17, 15) is 9.59 Å². The number of carbonyl (C=O) groups is 2. The van der Waals surface area contributed by atoms with Crippen LogP contribution in [-0.4, -0.2) is 39.4 Å². The van der Waals surface area contributed by atoms with Crippen LogP contribution in [0.4, 0.5) is 5.69 Å². The minimum absolute atomic E-state index is 0.105. The van der Waals surface area contributed by atoms with Crippen LogP contribution in [0.2, 0.25) is 0 Å². The molecule has 2 heterocycles. The molecule has 2 aromatic heterocycles. The van der Waals surface area contributed by atoms with Gasteiger partial charge >= 0.3 is 5.97 Å². The Morgan fingerprint density at radius 3 is 2.70 bits per heavy atom. The van der Waals surface area contributed by atoms with E-state index in [1.54, 1.807) is 49.6 Å². The van der Waals surface area contributed by atoms with Crippen LogP contribution in [0.25, 0.3) is 11.5 Å². The normalized spacial score (nSPS) is 10.4. The predicted molar refractivity (Wildman–Crippen MR) is 99.3 cm³/mol. The van der Waals surface area contributed by atoms with Crippen molar-refractivity contribution >= 4 is 29.3 Å². The fourth-order valence-electron chi connectivity index (χ4n) is 2.10. The molecule has 0 radical (unpaired) electrons. The highest BCUT2D eigenvalue weighted by Gasteiger charge is 2.12. The summed E-state index contributed by atoms with van der Waals surface area (Å²) in [6.07, 6.45) is 3.27. The highest BCUT2D eigenvalue weighted by Crippen LogP contribution is 2.22. The summed E-state index contributed by atoms with van der Waals surface area (Å²) in [5, 5.41) is 10.9. The maximum absolute atomic E-state index is 12.1. The topological polar surface area (TPSA) is 107 Å². The summed E-state index contributed by atoms with van der Waals surface area (Å²) in [5.74, 6) is -0.175. The van der Waals surface area contributed by atoms with Gasteiger partial charge in [0.1, 0.15) is 0 Å². The first-order valence-electron chi connectivity index (χ1n) is 8.09. The van der Waals surface area contributed by atoms with Gasteiger partial charge in [-0.1, -0.05) is 11.8 Å². The lowest BCUT2D eigenvalue weighted by Gasteiger charge is -2.05. The zero-order chi connectivity index (χ0) is 19.1. The molecule has 1 amide bonds. The molecule has 27 heavy (non-hydrogen) atoms. The maximum atomic E-state index is 12.1. The number of amides is 1. The van der Waals surface area contributed by atoms with Crippen molar-refractivity contribution in [2.45, 2.75) is 12.1 Å². The van der Waals surface area contributed by atoms with Gasteiger partial charge in [0.15, 0.2) is 0 Å². The molecule has 0 bridgehead atoms. The Bertz CT molecular complexity index is 913. The summed E-state index contributed by atoms with van der Waals surface area (Å²) < 4.78 is 10.4. The average molecular weight is 384 g/mol. The molecule has 1 aromatic carbocycles. The Labute approximate surface area is 159 Å². The van der Waals surface area contributed by atoms with Crippen LogP contribution in [0.5, 0.6) is 0 Å². The van der Waals surface area contributed by atoms with Crippen LogP contribution >= 0.6 is 11.8 Å². The van der Waals surface area contributed by atoms with Crippen LogP contribution in [0.1, 0.15) is 17.3 Å². The Kier molecular flexibility index (Phi) is 6.16. The molecular weight excluding hydrogens is 368 g/mol. The number of ether oxygens (including phenoxy) is 1. The number of nitrogens with zero attached hydrogens (tertiary/aromatic N) is 3. The van der Waals surface area contributed by atoms with E-state index in [4.69, 9.17) is 9.15 Å². The molecule has 0 aliphatic heterocycles. The average Bonchev–Trinajstić information content (AvgIpc) is 3.17. The molecule has 0 saturated heterocycles. The van der Waals surface area contributed by atoms with Crippen molar-refractivity contribution in [3.05, 3.63) is 54.4 Å². The van der Waals surface area contributed by atoms with Crippen LogP contribution in [-0.2, 0) is 9.53 Å². The summed E-state index contributed by atoms with van der Waals surface area (Å²) in [4.78, 5) is 27.7. The predicted octanol–water partition coefficient (Wildman–Crippen LogP) is 3.04. The molecule has 0 spiro atoms. The van der Waals surface area contributed by atoms with Gasteiger partial charge in [0, 0.05) is 18.1 Å². The largest absolute Gasteiger partial charge is 0.462 e. The van der Waals surface area contributed by atoms with Gasteiger partial charge in [0.2, 0.25) is 11.8 Å². The van der Waals surface area contributed by atoms with Crippen molar-refractivity contribution < 1.29 is 18.7 Å². The number of nitrogens with one attached hydrogen (secondary N) is 1. The molecule has 3 rings (SSSR count). The summed E-state index contributed by atoms with van der Waals surface area (Å²) in [6, 6.07) is 10.1. The van der Waals surface area contributed by atoms with Crippen molar-refractivity contribution in [1.82, 2.24) is 15.2 Å². The second-order valence-electron chi connectivity index (χ2n) is 5.25. The van der Waals surface area contributed by atoms with E-state index in [0.29, 0.717) is 34.5 Å². The second-order valence-corrected chi connectivity index (χ2v) is 6.18. The van der Waals surface area contributed by atoms with Gasteiger partial charge in [0.05, 0.1) is 23.5 Å². The molecule has 0 aliphatic rings. The number of benzene rings is 1. The first kappa shape index (κ1) is 18.6. The Balaban J connectivity index is 1.51. The Morgan fingerprint density at radius 2 is 2.00 bits per heavy atom. The van der Waals surface area contributed by atoms with Gasteiger partial charge in [-0.15, -0.1) is 10.2 Å². The number of pyridine rings is 1. The number of carbonyl (C=O) groups excluding carboxylic acids is 2. The first-order chi connectivity index (χ1) is 13.2. The van der Waals surface area contributed by atoms with Gasteiger partial charge in [-0.3, -0.25) is 9.78 Å². The number of anilines is 1. The monoisotopic (exact) mass is 384 g/mol. The standard InChI is InChI=1S/C18H16N4O4S/c1-2-25-17(24)12-5-7-14(8-6-12)20-15(23)11-27-18-22-21-16(26-18)13-4-3-9-19-10-13/h3-10H,2,11H2,1H3,(H,20,23). The third kappa shape index (κ3) is 5.14. The minimum Gasteiger partial charge on any atom is -0.462 e. The van der Waals surface area contributed by atoms with E-state index in [1.807, 2.05) is 6.07 Å². The fourth-order valence-corrected chi connectivity index (χ4v) is 2.67. The van der Waals surface area contributed by atoms with Crippen LogP contribution in [0.15, 0.2) is 58.4 Å². The van der Waals surface area contributed by atoms with Gasteiger partial charge in [-0.2, -0.15) is 0 Å². The van der Waals surface area contributed by atoms with Crippen molar-refractivity contribution in [2.75, 3.05) is 17.7 Å². The van der Waals surface area contributed by atoms with Crippen molar-refractivity contribution in [2.24, 2.45) is 0 Å². The quantitative estimate of drug-likeness (QED) is 0.489. The van der Waals surface area contributed by atoms with Crippen LogP contribution in [0, 0.1) is 0 Å². The summed E-state index contributed by atoms with van der Waals surface area (Å²) in [7, 11) is 0. The first-order valence-corrected chi connectivity index (χ1v) is 9.08. The summed E-state index contributed by atoms with van der Waals surface area (Å²) in [5.41, 5.74) is 1.72. The number of hydrogen-bond donors (Lipinski definition) is 1. The van der Waals surface area contributed by atoms with Gasteiger partial charge in [0.25, 0.3) is 5.22 Å². The van der Waals surface area contributed by atoms with Gasteiger partial charge in [-0.05, 0) is 43.3 Å². The Morgan fingerprint density at radius 1 is 1.19 bits per heavy atom. The van der Waals surface area contributed by atoms with Crippen molar-refractivity contribution in [3.63, 3.8) is 0 Å². The van der Waals surface area contributed by atoms with E-state index < -0.39 is 5.97 Å². The maximum Gasteiger partial charge on any atom is 0.338 e. The Hall–Kier alpha value is -3.20. The lowest BCUT2D eigenvalue weighted by Crippen LogP contribution is -2.14. The van der Waals surface area contributed by atoms with E-state index in [0.717, 1.165) is 11.8 Å². The highest BCUT2D eigenvalue weighted by atomic mass is 32.2. The summed E-state index contributed by atoms with van der Waals surface area (Å²) in [6.45, 7) is 2.06. The zero-order valence-electron chi connectivity index (χ0n) is 14.4. The van der Waals surface area contributed by atoms with E-state index >= 15 is 0 Å². The number of thioether (sulfide) groups is 1. The van der Waals surface area contributed by atoms with Gasteiger partial charge < -0.3 is 14.5 Å². The lowest BCUT2D eigenvalue weighted by atomic mass is 10.2. The third-order valence-corrected chi connectivity index (χ3v) is 4.14. The van der Waals surface area contributed by atoms with E-state index in [-0.39, 0.29) is 11.7 Å². The minimum atomic E-state index is -0.397. The molecule has 0 fully saturated rings. The number of rotatable bonds is 7. The van der Waals surface area contributed by atoms with Crippen LogP contribution in [0.3, 0.4) is 0 Å². The number of hydrogen-bond acceptors (Lipinski definition) is 8. The lowest BCUT2D eigenvalue weighted by molar-refractivity contribution is -0.113.